The molecule has 3 aromatic heterocycles. The lowest BCUT2D eigenvalue weighted by molar-refractivity contribution is 0.102. The number of thiophene rings is 1. The number of thiazole rings is 1. The smallest absolute Gasteiger partial charge is 0.276 e. The van der Waals surface area contributed by atoms with E-state index in [-0.39, 0.29) is 5.91 Å². The van der Waals surface area contributed by atoms with Crippen LogP contribution in [0.3, 0.4) is 0 Å². The van der Waals surface area contributed by atoms with Gasteiger partial charge in [0.1, 0.15) is 16.5 Å². The van der Waals surface area contributed by atoms with E-state index >= 15 is 0 Å². The molecule has 0 fully saturated rings. The molecule has 3 rings (SSSR count). The molecule has 0 unspecified atom stereocenters. The van der Waals surface area contributed by atoms with E-state index in [1.54, 1.807) is 22.8 Å². The van der Waals surface area contributed by atoms with Crippen LogP contribution < -0.4 is 5.32 Å². The molecule has 1 amide bonds. The maximum Gasteiger partial charge on any atom is 0.276 e. The molecule has 0 saturated heterocycles. The second-order valence-electron chi connectivity index (χ2n) is 4.29. The molecule has 3 aromatic rings. The van der Waals surface area contributed by atoms with Crippen LogP contribution in [0.15, 0.2) is 39.5 Å². The quantitative estimate of drug-likeness (QED) is 0.723. The minimum atomic E-state index is -0.244. The Morgan fingerprint density at radius 3 is 2.81 bits per heavy atom. The zero-order valence-corrected chi connectivity index (χ0v) is 14.2. The number of hydrogen-bond acceptors (Lipinski definition) is 5. The van der Waals surface area contributed by atoms with Crippen molar-refractivity contribution < 1.29 is 4.79 Å². The Morgan fingerprint density at radius 2 is 2.10 bits per heavy atom. The molecular formula is C14H10BrN3OS2. The van der Waals surface area contributed by atoms with Crippen molar-refractivity contribution in [2.24, 2.45) is 0 Å². The number of carbonyl (C=O) groups excluding carboxylic acids is 1. The Labute approximate surface area is 138 Å². The first-order valence-corrected chi connectivity index (χ1v) is 8.62. The summed E-state index contributed by atoms with van der Waals surface area (Å²) in [6.45, 7) is 1.88. The molecule has 21 heavy (non-hydrogen) atoms. The molecule has 7 heteroatoms. The van der Waals surface area contributed by atoms with Crippen LogP contribution in [-0.2, 0) is 0 Å². The third kappa shape index (κ3) is 3.37. The van der Waals surface area contributed by atoms with Crippen molar-refractivity contribution in [3.8, 4) is 9.88 Å². The number of amides is 1. The van der Waals surface area contributed by atoms with E-state index in [9.17, 15) is 4.79 Å². The fraction of sp³-hybridized carbons (Fsp3) is 0.0714. The Kier molecular flexibility index (Phi) is 4.14. The molecular weight excluding hydrogens is 370 g/mol. The number of rotatable bonds is 3. The Bertz CT molecular complexity index is 797. The average molecular weight is 380 g/mol. The van der Waals surface area contributed by atoms with Crippen molar-refractivity contribution in [3.05, 3.63) is 50.9 Å². The van der Waals surface area contributed by atoms with E-state index in [0.29, 0.717) is 11.5 Å². The van der Waals surface area contributed by atoms with Crippen LogP contribution in [-0.4, -0.2) is 15.9 Å². The van der Waals surface area contributed by atoms with Crippen LogP contribution >= 0.6 is 38.6 Å². The summed E-state index contributed by atoms with van der Waals surface area (Å²) in [5, 5.41) is 7.35. The van der Waals surface area contributed by atoms with E-state index < -0.39 is 0 Å². The summed E-state index contributed by atoms with van der Waals surface area (Å²) in [5.74, 6) is 0.291. The van der Waals surface area contributed by atoms with Crippen LogP contribution in [0.5, 0.6) is 0 Å². The number of anilines is 1. The first kappa shape index (κ1) is 14.4. The summed E-state index contributed by atoms with van der Waals surface area (Å²) in [4.78, 5) is 21.8. The van der Waals surface area contributed by atoms with Crippen molar-refractivity contribution in [2.75, 3.05) is 5.32 Å². The molecule has 0 aliphatic carbocycles. The third-order valence-corrected chi connectivity index (χ3v) is 5.35. The molecule has 0 saturated carbocycles. The topological polar surface area (TPSA) is 54.9 Å². The van der Waals surface area contributed by atoms with E-state index in [1.165, 1.54) is 11.3 Å². The van der Waals surface area contributed by atoms with Crippen molar-refractivity contribution in [1.29, 1.82) is 0 Å². The average Bonchev–Trinajstić information content (AvgIpc) is 3.07. The van der Waals surface area contributed by atoms with E-state index in [0.717, 1.165) is 20.1 Å². The van der Waals surface area contributed by atoms with Crippen LogP contribution in [0.25, 0.3) is 9.88 Å². The number of pyridine rings is 1. The SMILES string of the molecule is Cc1cccc(NC(=O)c2csc(-c3cc(Br)cs3)n2)n1. The maximum atomic E-state index is 12.2. The van der Waals surface area contributed by atoms with Crippen molar-refractivity contribution in [3.63, 3.8) is 0 Å². The summed E-state index contributed by atoms with van der Waals surface area (Å²) < 4.78 is 1.02. The van der Waals surface area contributed by atoms with E-state index in [1.807, 2.05) is 30.5 Å². The second-order valence-corrected chi connectivity index (χ2v) is 6.97. The highest BCUT2D eigenvalue weighted by Gasteiger charge is 2.13. The monoisotopic (exact) mass is 379 g/mol. The van der Waals surface area contributed by atoms with Crippen LogP contribution in [0.1, 0.15) is 16.2 Å². The second kappa shape index (κ2) is 6.05. The number of nitrogens with one attached hydrogen (secondary N) is 1. The normalized spacial score (nSPS) is 10.6. The highest BCUT2D eigenvalue weighted by atomic mass is 79.9. The van der Waals surface area contributed by atoms with Gasteiger partial charge in [0.25, 0.3) is 5.91 Å². The van der Waals surface area contributed by atoms with Gasteiger partial charge in [0.05, 0.1) is 4.88 Å². The fourth-order valence-corrected chi connectivity index (χ4v) is 4.02. The summed E-state index contributed by atoms with van der Waals surface area (Å²) in [7, 11) is 0. The number of halogens is 1. The zero-order valence-electron chi connectivity index (χ0n) is 11.0. The molecule has 0 bridgehead atoms. The highest BCUT2D eigenvalue weighted by Crippen LogP contribution is 2.32. The van der Waals surface area contributed by atoms with Crippen molar-refractivity contribution in [2.45, 2.75) is 6.92 Å². The summed E-state index contributed by atoms with van der Waals surface area (Å²) in [5.41, 5.74) is 1.26. The Morgan fingerprint density at radius 1 is 1.24 bits per heavy atom. The van der Waals surface area contributed by atoms with Gasteiger partial charge in [0.15, 0.2) is 0 Å². The number of carbonyl (C=O) groups is 1. The minimum absolute atomic E-state index is 0.244. The molecule has 0 radical (unpaired) electrons. The van der Waals surface area contributed by atoms with E-state index in [4.69, 9.17) is 0 Å². The van der Waals surface area contributed by atoms with Gasteiger partial charge in [-0.15, -0.1) is 22.7 Å². The predicted octanol–water partition coefficient (Wildman–Crippen LogP) is 4.59. The molecule has 1 N–H and O–H groups in total. The lowest BCUT2D eigenvalue weighted by Gasteiger charge is -2.02. The Hall–Kier alpha value is -1.57. The standard InChI is InChI=1S/C14H10BrN3OS2/c1-8-3-2-4-12(16-8)18-13(19)10-7-21-14(17-10)11-5-9(15)6-20-11/h2-7H,1H3,(H,16,18,19). The maximum absolute atomic E-state index is 12.2. The van der Waals surface area contributed by atoms with Crippen LogP contribution in [0.2, 0.25) is 0 Å². The van der Waals surface area contributed by atoms with Crippen LogP contribution in [0.4, 0.5) is 5.82 Å². The Balaban J connectivity index is 1.78. The lowest BCUT2D eigenvalue weighted by Crippen LogP contribution is -2.13. The molecule has 0 spiro atoms. The van der Waals surface area contributed by atoms with Crippen molar-refractivity contribution >= 4 is 50.3 Å². The molecule has 4 nitrogen and oxygen atoms in total. The lowest BCUT2D eigenvalue weighted by atomic mass is 10.3. The number of aryl methyl sites for hydroxylation is 1. The van der Waals surface area contributed by atoms with Gasteiger partial charge in [-0.1, -0.05) is 6.07 Å². The van der Waals surface area contributed by atoms with Crippen LogP contribution in [0, 0.1) is 6.92 Å². The van der Waals surface area contributed by atoms with Gasteiger partial charge in [0.2, 0.25) is 0 Å². The number of hydrogen-bond donors (Lipinski definition) is 1. The molecule has 0 aliphatic heterocycles. The number of nitrogens with zero attached hydrogens (tertiary/aromatic N) is 2. The molecule has 106 valence electrons. The summed E-state index contributed by atoms with van der Waals surface area (Å²) in [6, 6.07) is 7.49. The zero-order chi connectivity index (χ0) is 14.8. The van der Waals surface area contributed by atoms with Gasteiger partial charge in [0, 0.05) is 20.9 Å². The van der Waals surface area contributed by atoms with Gasteiger partial charge in [-0.05, 0) is 41.1 Å². The highest BCUT2D eigenvalue weighted by molar-refractivity contribution is 9.10. The van der Waals surface area contributed by atoms with Gasteiger partial charge in [-0.3, -0.25) is 4.79 Å². The molecule has 0 aromatic carbocycles. The summed E-state index contributed by atoms with van der Waals surface area (Å²) >= 11 is 6.46. The van der Waals surface area contributed by atoms with E-state index in [2.05, 4.69) is 31.2 Å². The number of aromatic nitrogens is 2. The first-order chi connectivity index (χ1) is 10.1. The van der Waals surface area contributed by atoms with Gasteiger partial charge >= 0.3 is 0 Å². The predicted molar refractivity (Wildman–Crippen MR) is 90.1 cm³/mol. The van der Waals surface area contributed by atoms with Gasteiger partial charge < -0.3 is 5.32 Å². The third-order valence-electron chi connectivity index (χ3n) is 2.64. The minimum Gasteiger partial charge on any atom is -0.305 e. The van der Waals surface area contributed by atoms with Gasteiger partial charge in [-0.25, -0.2) is 9.97 Å². The van der Waals surface area contributed by atoms with Crippen molar-refractivity contribution in [1.82, 2.24) is 9.97 Å². The fourth-order valence-electron chi connectivity index (χ4n) is 1.71. The molecule has 0 aliphatic rings. The summed E-state index contributed by atoms with van der Waals surface area (Å²) in [6.07, 6.45) is 0. The first-order valence-electron chi connectivity index (χ1n) is 6.07. The molecule has 3 heterocycles. The molecule has 0 atom stereocenters. The largest absolute Gasteiger partial charge is 0.305 e. The van der Waals surface area contributed by atoms with Gasteiger partial charge in [-0.2, -0.15) is 0 Å².